The molecule has 6 nitrogen and oxygen atoms in total. The van der Waals surface area contributed by atoms with Gasteiger partial charge in [-0.1, -0.05) is 11.6 Å². The van der Waals surface area contributed by atoms with E-state index >= 15 is 0 Å². The Kier molecular flexibility index (Phi) is 5.62. The van der Waals surface area contributed by atoms with Gasteiger partial charge in [0, 0.05) is 46.4 Å². The highest BCUT2D eigenvalue weighted by atomic mass is 35.5. The number of ether oxygens (including phenoxy) is 1. The molecule has 5 rings (SSSR count). The maximum Gasteiger partial charge on any atom is 0.163 e. The van der Waals surface area contributed by atoms with Crippen molar-refractivity contribution >= 4 is 22.6 Å². The van der Waals surface area contributed by atoms with Crippen LogP contribution in [-0.4, -0.2) is 30.8 Å². The monoisotopic (exact) mass is 465 g/mol. The van der Waals surface area contributed by atoms with Crippen LogP contribution in [0.4, 0.5) is 4.39 Å². The lowest BCUT2D eigenvalue weighted by Crippen LogP contribution is -2.26. The first-order chi connectivity index (χ1) is 15.8. The maximum absolute atomic E-state index is 15.0. The number of halogens is 2. The molecular formula is C25H25ClFN5O. The lowest BCUT2D eigenvalue weighted by atomic mass is 9.89. The number of fused-ring (bicyclic) bond motifs is 1. The van der Waals surface area contributed by atoms with E-state index in [1.54, 1.807) is 16.8 Å². The van der Waals surface area contributed by atoms with Gasteiger partial charge >= 0.3 is 0 Å². The van der Waals surface area contributed by atoms with Crippen molar-refractivity contribution in [3.63, 3.8) is 0 Å². The SMILES string of the molecule is Cc1cc2c(-c3ccc(Cl)cc3F)nc(C3CC(C)OC(c4cnn(C)c4)C3)nc2nc1C. The molecule has 0 saturated carbocycles. The van der Waals surface area contributed by atoms with Gasteiger partial charge in [0.2, 0.25) is 0 Å². The molecule has 4 heterocycles. The van der Waals surface area contributed by atoms with Crippen molar-refractivity contribution in [2.75, 3.05) is 0 Å². The molecule has 0 N–H and O–H groups in total. The van der Waals surface area contributed by atoms with Crippen molar-refractivity contribution in [1.29, 1.82) is 0 Å². The van der Waals surface area contributed by atoms with E-state index < -0.39 is 5.82 Å². The molecule has 1 aliphatic rings. The first-order valence-corrected chi connectivity index (χ1v) is 11.4. The summed E-state index contributed by atoms with van der Waals surface area (Å²) >= 11 is 6.01. The maximum atomic E-state index is 15.0. The van der Waals surface area contributed by atoms with Crippen molar-refractivity contribution < 1.29 is 9.13 Å². The number of aryl methyl sites for hydroxylation is 3. The molecule has 1 aromatic carbocycles. The number of hydrogen-bond acceptors (Lipinski definition) is 5. The largest absolute Gasteiger partial charge is 0.370 e. The third-order valence-corrected chi connectivity index (χ3v) is 6.54. The van der Waals surface area contributed by atoms with E-state index in [2.05, 4.69) is 12.0 Å². The summed E-state index contributed by atoms with van der Waals surface area (Å²) in [7, 11) is 1.89. The molecule has 3 unspecified atom stereocenters. The van der Waals surface area contributed by atoms with Gasteiger partial charge in [-0.05, 0) is 63.4 Å². The Morgan fingerprint density at radius 3 is 2.67 bits per heavy atom. The summed E-state index contributed by atoms with van der Waals surface area (Å²) in [5, 5.41) is 5.36. The van der Waals surface area contributed by atoms with Crippen LogP contribution >= 0.6 is 11.6 Å². The summed E-state index contributed by atoms with van der Waals surface area (Å²) < 4.78 is 23.0. The number of benzene rings is 1. The smallest absolute Gasteiger partial charge is 0.163 e. The highest BCUT2D eigenvalue weighted by Gasteiger charge is 2.32. The number of rotatable bonds is 3. The fourth-order valence-electron chi connectivity index (χ4n) is 4.51. The highest BCUT2D eigenvalue weighted by molar-refractivity contribution is 6.30. The standard InChI is InChI=1S/C25H25ClFN5O/c1-13-7-20-23(19-6-5-18(26)10-21(19)27)30-24(31-25(20)29-15(13)3)16-8-14(2)33-22(9-16)17-11-28-32(4)12-17/h5-7,10-12,14,16,22H,8-9H2,1-4H3. The van der Waals surface area contributed by atoms with Crippen LogP contribution < -0.4 is 0 Å². The summed E-state index contributed by atoms with van der Waals surface area (Å²) in [6.07, 6.45) is 5.23. The fraction of sp³-hybridized carbons (Fsp3) is 0.360. The van der Waals surface area contributed by atoms with Crippen molar-refractivity contribution in [3.8, 4) is 11.3 Å². The van der Waals surface area contributed by atoms with Gasteiger partial charge in [0.1, 0.15) is 11.6 Å². The van der Waals surface area contributed by atoms with Crippen LogP contribution in [0.1, 0.15) is 54.4 Å². The predicted molar refractivity (Wildman–Crippen MR) is 126 cm³/mol. The number of hydrogen-bond donors (Lipinski definition) is 0. The van der Waals surface area contributed by atoms with Gasteiger partial charge in [-0.15, -0.1) is 0 Å². The van der Waals surface area contributed by atoms with Crippen LogP contribution in [0.5, 0.6) is 0 Å². The average Bonchev–Trinajstić information content (AvgIpc) is 3.20. The summed E-state index contributed by atoms with van der Waals surface area (Å²) in [5.41, 5.74) is 4.43. The zero-order valence-corrected chi connectivity index (χ0v) is 19.8. The molecule has 3 atom stereocenters. The number of aromatic nitrogens is 5. The molecule has 1 aliphatic heterocycles. The van der Waals surface area contributed by atoms with Gasteiger partial charge in [-0.2, -0.15) is 5.10 Å². The van der Waals surface area contributed by atoms with Crippen molar-refractivity contribution in [1.82, 2.24) is 24.7 Å². The number of nitrogens with zero attached hydrogens (tertiary/aromatic N) is 5. The van der Waals surface area contributed by atoms with E-state index in [4.69, 9.17) is 31.3 Å². The molecule has 0 spiro atoms. The van der Waals surface area contributed by atoms with Crippen LogP contribution in [-0.2, 0) is 11.8 Å². The van der Waals surface area contributed by atoms with E-state index in [1.807, 2.05) is 39.4 Å². The molecule has 3 aromatic heterocycles. The zero-order chi connectivity index (χ0) is 23.3. The van der Waals surface area contributed by atoms with Crippen LogP contribution in [0.15, 0.2) is 36.7 Å². The summed E-state index contributed by atoms with van der Waals surface area (Å²) in [5.74, 6) is 0.285. The molecular weight excluding hydrogens is 441 g/mol. The third kappa shape index (κ3) is 4.23. The predicted octanol–water partition coefficient (Wildman–Crippen LogP) is 5.86. The zero-order valence-electron chi connectivity index (χ0n) is 19.0. The van der Waals surface area contributed by atoms with Crippen molar-refractivity contribution in [2.24, 2.45) is 7.05 Å². The Labute approximate surface area is 196 Å². The summed E-state index contributed by atoms with van der Waals surface area (Å²) in [6.45, 7) is 5.99. The molecule has 4 aromatic rings. The minimum atomic E-state index is -0.416. The van der Waals surface area contributed by atoms with Crippen LogP contribution in [0.2, 0.25) is 5.02 Å². The Hall–Kier alpha value is -2.90. The van der Waals surface area contributed by atoms with E-state index in [0.717, 1.165) is 35.0 Å². The molecule has 0 bridgehead atoms. The Morgan fingerprint density at radius 2 is 1.94 bits per heavy atom. The molecule has 1 fully saturated rings. The second kappa shape index (κ2) is 8.47. The fourth-order valence-corrected chi connectivity index (χ4v) is 4.67. The van der Waals surface area contributed by atoms with Gasteiger partial charge in [-0.25, -0.2) is 19.3 Å². The average molecular weight is 466 g/mol. The van der Waals surface area contributed by atoms with Crippen LogP contribution in [0.3, 0.4) is 0 Å². The van der Waals surface area contributed by atoms with Crippen molar-refractivity contribution in [2.45, 2.75) is 51.7 Å². The quantitative estimate of drug-likeness (QED) is 0.379. The van der Waals surface area contributed by atoms with Crippen LogP contribution in [0, 0.1) is 19.7 Å². The van der Waals surface area contributed by atoms with Gasteiger partial charge < -0.3 is 4.74 Å². The topological polar surface area (TPSA) is 65.7 Å². The minimum Gasteiger partial charge on any atom is -0.370 e. The minimum absolute atomic E-state index is 0.0247. The van der Waals surface area contributed by atoms with E-state index in [-0.39, 0.29) is 18.1 Å². The summed E-state index contributed by atoms with van der Waals surface area (Å²) in [6, 6.07) is 6.64. The van der Waals surface area contributed by atoms with Gasteiger partial charge in [0.05, 0.1) is 24.1 Å². The Balaban J connectivity index is 1.64. The first-order valence-electron chi connectivity index (χ1n) is 11.0. The first kappa shape index (κ1) is 21.9. The van der Waals surface area contributed by atoms with Gasteiger partial charge in [0.15, 0.2) is 5.65 Å². The van der Waals surface area contributed by atoms with Gasteiger partial charge in [0.25, 0.3) is 0 Å². The molecule has 1 saturated heterocycles. The Morgan fingerprint density at radius 1 is 1.12 bits per heavy atom. The second-order valence-corrected chi connectivity index (χ2v) is 9.30. The van der Waals surface area contributed by atoms with Crippen molar-refractivity contribution in [3.05, 3.63) is 70.1 Å². The molecule has 0 aliphatic carbocycles. The Bertz CT molecular complexity index is 1350. The number of pyridine rings is 1. The van der Waals surface area contributed by atoms with E-state index in [1.165, 1.54) is 6.07 Å². The highest BCUT2D eigenvalue weighted by Crippen LogP contribution is 2.40. The molecule has 0 amide bonds. The lowest BCUT2D eigenvalue weighted by Gasteiger charge is -2.33. The molecule has 170 valence electrons. The summed E-state index contributed by atoms with van der Waals surface area (Å²) in [4.78, 5) is 14.5. The molecule has 33 heavy (non-hydrogen) atoms. The normalized spacial score (nSPS) is 21.0. The third-order valence-electron chi connectivity index (χ3n) is 6.31. The molecule has 0 radical (unpaired) electrons. The van der Waals surface area contributed by atoms with Gasteiger partial charge in [-0.3, -0.25) is 4.68 Å². The molecule has 8 heteroatoms. The van der Waals surface area contributed by atoms with E-state index in [9.17, 15) is 4.39 Å². The van der Waals surface area contributed by atoms with Crippen LogP contribution in [0.25, 0.3) is 22.3 Å². The lowest BCUT2D eigenvalue weighted by molar-refractivity contribution is -0.0511. The second-order valence-electron chi connectivity index (χ2n) is 8.87. The van der Waals surface area contributed by atoms with E-state index in [0.29, 0.717) is 27.8 Å².